The highest BCUT2D eigenvalue weighted by atomic mass is 32.1. The van der Waals surface area contributed by atoms with E-state index in [0.717, 1.165) is 44.0 Å². The molecule has 0 bridgehead atoms. The van der Waals surface area contributed by atoms with Crippen LogP contribution in [0, 0.1) is 5.92 Å². The molecule has 0 saturated heterocycles. The van der Waals surface area contributed by atoms with Gasteiger partial charge in [-0.2, -0.15) is 0 Å². The van der Waals surface area contributed by atoms with Gasteiger partial charge in [-0.1, -0.05) is 27.7 Å². The van der Waals surface area contributed by atoms with Crippen molar-refractivity contribution < 1.29 is 0 Å². The Bertz CT molecular complexity index is 537. The highest BCUT2D eigenvalue weighted by Crippen LogP contribution is 2.25. The Kier molecular flexibility index (Phi) is 6.06. The molecule has 0 fully saturated rings. The molecule has 2 rings (SSSR count). The zero-order chi connectivity index (χ0) is 15.2. The van der Waals surface area contributed by atoms with Gasteiger partial charge in [0.05, 0.1) is 5.69 Å². The fraction of sp³-hybridized carbons (Fsp3) is 0.688. The molecule has 0 amide bonds. The monoisotopic (exact) mass is 308 g/mol. The topological polar surface area (TPSA) is 32.6 Å². The molecule has 0 radical (unpaired) electrons. The first-order chi connectivity index (χ1) is 10.2. The molecule has 1 N–H and O–H groups in total. The first kappa shape index (κ1) is 16.3. The smallest absolute Gasteiger partial charge is 0.195 e. The molecule has 2 heterocycles. The molecule has 118 valence electrons. The van der Waals surface area contributed by atoms with Crippen LogP contribution in [0.25, 0.3) is 4.96 Å². The predicted octanol–water partition coefficient (Wildman–Crippen LogP) is 3.77. The van der Waals surface area contributed by atoms with Gasteiger partial charge in [-0.3, -0.25) is 4.40 Å². The number of aromatic nitrogens is 2. The molecule has 0 spiro atoms. The molecule has 0 unspecified atom stereocenters. The molecule has 0 aliphatic carbocycles. The second-order valence-corrected chi connectivity index (χ2v) is 6.82. The van der Waals surface area contributed by atoms with Gasteiger partial charge in [0.2, 0.25) is 0 Å². The molecule has 2 aromatic heterocycles. The van der Waals surface area contributed by atoms with Crippen molar-refractivity contribution in [3.8, 4) is 0 Å². The van der Waals surface area contributed by atoms with Crippen LogP contribution in [0.5, 0.6) is 0 Å². The van der Waals surface area contributed by atoms with Gasteiger partial charge in [-0.05, 0) is 25.3 Å². The minimum absolute atomic E-state index is 0.668. The molecule has 5 heteroatoms. The summed E-state index contributed by atoms with van der Waals surface area (Å²) in [6, 6.07) is 0. The van der Waals surface area contributed by atoms with E-state index in [1.54, 1.807) is 11.3 Å². The maximum absolute atomic E-state index is 4.88. The Morgan fingerprint density at radius 2 is 2.00 bits per heavy atom. The lowest BCUT2D eigenvalue weighted by molar-refractivity contribution is 0.546. The van der Waals surface area contributed by atoms with Gasteiger partial charge in [0, 0.05) is 31.2 Å². The van der Waals surface area contributed by atoms with E-state index >= 15 is 0 Å². The van der Waals surface area contributed by atoms with Gasteiger partial charge in [0.15, 0.2) is 10.8 Å². The van der Waals surface area contributed by atoms with Crippen molar-refractivity contribution in [2.45, 2.75) is 47.1 Å². The summed E-state index contributed by atoms with van der Waals surface area (Å²) in [5, 5.41) is 5.68. The summed E-state index contributed by atoms with van der Waals surface area (Å²) < 4.78 is 2.24. The highest BCUT2D eigenvalue weighted by molar-refractivity contribution is 7.15. The second kappa shape index (κ2) is 7.80. The molecule has 0 aromatic carbocycles. The Hall–Kier alpha value is -1.07. The molecule has 21 heavy (non-hydrogen) atoms. The molecule has 2 aromatic rings. The van der Waals surface area contributed by atoms with E-state index in [1.807, 2.05) is 0 Å². The number of hydrogen-bond donors (Lipinski definition) is 1. The number of nitrogens with one attached hydrogen (secondary N) is 1. The van der Waals surface area contributed by atoms with Crippen LogP contribution in [-0.4, -0.2) is 29.0 Å². The van der Waals surface area contributed by atoms with Crippen LogP contribution in [0.3, 0.4) is 0 Å². The van der Waals surface area contributed by atoms with E-state index in [4.69, 9.17) is 4.98 Å². The molecule has 0 aliphatic rings. The maximum atomic E-state index is 4.88. The lowest BCUT2D eigenvalue weighted by atomic mass is 10.2. The lowest BCUT2D eigenvalue weighted by Gasteiger charge is -2.23. The van der Waals surface area contributed by atoms with Crippen molar-refractivity contribution in [2.24, 2.45) is 5.92 Å². The van der Waals surface area contributed by atoms with Crippen molar-refractivity contribution in [2.75, 3.05) is 24.5 Å². The third-order valence-electron chi connectivity index (χ3n) is 3.47. The standard InChI is InChI=1S/C16H28N4S/c1-5-7-19(8-6-2)15-14(12-17-11-13(3)4)20-9-10-21-16(20)18-15/h9-10,13,17H,5-8,11-12H2,1-4H3. The van der Waals surface area contributed by atoms with Gasteiger partial charge in [-0.25, -0.2) is 4.98 Å². The molecule has 0 saturated carbocycles. The molecule has 0 aliphatic heterocycles. The van der Waals surface area contributed by atoms with Crippen molar-refractivity contribution in [1.29, 1.82) is 0 Å². The molecular formula is C16H28N4S. The quantitative estimate of drug-likeness (QED) is 0.765. The number of imidazole rings is 1. The van der Waals surface area contributed by atoms with Crippen LogP contribution in [-0.2, 0) is 6.54 Å². The Morgan fingerprint density at radius 1 is 1.29 bits per heavy atom. The maximum Gasteiger partial charge on any atom is 0.195 e. The third-order valence-corrected chi connectivity index (χ3v) is 4.23. The number of fused-ring (bicyclic) bond motifs is 1. The normalized spacial score (nSPS) is 11.7. The van der Waals surface area contributed by atoms with E-state index in [2.05, 4.69) is 53.9 Å². The van der Waals surface area contributed by atoms with Crippen molar-refractivity contribution in [3.63, 3.8) is 0 Å². The van der Waals surface area contributed by atoms with Crippen LogP contribution in [0.4, 0.5) is 5.82 Å². The summed E-state index contributed by atoms with van der Waals surface area (Å²) in [7, 11) is 0. The van der Waals surface area contributed by atoms with Crippen LogP contribution in [0.2, 0.25) is 0 Å². The average Bonchev–Trinajstić information content (AvgIpc) is 3.00. The number of hydrogen-bond acceptors (Lipinski definition) is 4. The van der Waals surface area contributed by atoms with E-state index < -0.39 is 0 Å². The van der Waals surface area contributed by atoms with Crippen LogP contribution in [0.15, 0.2) is 11.6 Å². The van der Waals surface area contributed by atoms with E-state index in [0.29, 0.717) is 5.92 Å². The number of rotatable bonds is 9. The number of thiazole rings is 1. The summed E-state index contributed by atoms with van der Waals surface area (Å²) >= 11 is 1.71. The summed E-state index contributed by atoms with van der Waals surface area (Å²) in [6.07, 6.45) is 4.45. The minimum atomic E-state index is 0.668. The lowest BCUT2D eigenvalue weighted by Crippen LogP contribution is -2.28. The third kappa shape index (κ3) is 3.98. The fourth-order valence-corrected chi connectivity index (χ4v) is 3.31. The fourth-order valence-electron chi connectivity index (χ4n) is 2.58. The highest BCUT2D eigenvalue weighted by Gasteiger charge is 2.17. The Balaban J connectivity index is 2.25. The van der Waals surface area contributed by atoms with Gasteiger partial charge >= 0.3 is 0 Å². The Morgan fingerprint density at radius 3 is 2.62 bits per heavy atom. The molecule has 4 nitrogen and oxygen atoms in total. The van der Waals surface area contributed by atoms with Crippen molar-refractivity contribution in [3.05, 3.63) is 17.3 Å². The first-order valence-corrected chi connectivity index (χ1v) is 8.95. The summed E-state index contributed by atoms with van der Waals surface area (Å²) in [4.78, 5) is 8.41. The van der Waals surface area contributed by atoms with Gasteiger partial charge in [0.25, 0.3) is 0 Å². The summed E-state index contributed by atoms with van der Waals surface area (Å²) in [5.41, 5.74) is 1.30. The largest absolute Gasteiger partial charge is 0.355 e. The zero-order valence-corrected chi connectivity index (χ0v) is 14.5. The van der Waals surface area contributed by atoms with Crippen molar-refractivity contribution >= 4 is 22.1 Å². The number of anilines is 1. The van der Waals surface area contributed by atoms with Gasteiger partial charge < -0.3 is 10.2 Å². The first-order valence-electron chi connectivity index (χ1n) is 8.07. The van der Waals surface area contributed by atoms with E-state index in [1.165, 1.54) is 11.5 Å². The van der Waals surface area contributed by atoms with Gasteiger partial charge in [-0.15, -0.1) is 11.3 Å². The predicted molar refractivity (Wildman–Crippen MR) is 92.4 cm³/mol. The van der Waals surface area contributed by atoms with Crippen LogP contribution >= 0.6 is 11.3 Å². The zero-order valence-electron chi connectivity index (χ0n) is 13.7. The molecular weight excluding hydrogens is 280 g/mol. The van der Waals surface area contributed by atoms with Crippen LogP contribution in [0.1, 0.15) is 46.2 Å². The average molecular weight is 308 g/mol. The minimum Gasteiger partial charge on any atom is -0.355 e. The van der Waals surface area contributed by atoms with Crippen molar-refractivity contribution in [1.82, 2.24) is 14.7 Å². The van der Waals surface area contributed by atoms with E-state index in [9.17, 15) is 0 Å². The Labute approximate surface area is 132 Å². The van der Waals surface area contributed by atoms with Crippen LogP contribution < -0.4 is 10.2 Å². The second-order valence-electron chi connectivity index (χ2n) is 5.95. The summed E-state index contributed by atoms with van der Waals surface area (Å²) in [5.74, 6) is 1.84. The SMILES string of the molecule is CCCN(CCC)c1nc2sccn2c1CNCC(C)C. The van der Waals surface area contributed by atoms with E-state index in [-0.39, 0.29) is 0 Å². The summed E-state index contributed by atoms with van der Waals surface area (Å²) in [6.45, 7) is 13.0. The van der Waals surface area contributed by atoms with Gasteiger partial charge in [0.1, 0.15) is 0 Å². The molecule has 0 atom stereocenters. The number of nitrogens with zero attached hydrogens (tertiary/aromatic N) is 3.